The second kappa shape index (κ2) is 5.11. The first-order valence-corrected chi connectivity index (χ1v) is 5.19. The summed E-state index contributed by atoms with van der Waals surface area (Å²) in [5.74, 6) is 0. The van der Waals surface area contributed by atoms with Gasteiger partial charge >= 0.3 is 6.03 Å². The van der Waals surface area contributed by atoms with Gasteiger partial charge in [-0.25, -0.2) is 4.79 Å². The van der Waals surface area contributed by atoms with Crippen molar-refractivity contribution in [2.45, 2.75) is 13.5 Å². The van der Waals surface area contributed by atoms with Gasteiger partial charge in [0.2, 0.25) is 0 Å². The van der Waals surface area contributed by atoms with E-state index in [0.29, 0.717) is 12.2 Å². The molecule has 0 radical (unpaired) electrons. The van der Waals surface area contributed by atoms with Crippen molar-refractivity contribution < 1.29 is 4.79 Å². The number of hydrogen-bond donors (Lipinski definition) is 3. The van der Waals surface area contributed by atoms with Gasteiger partial charge in [0.15, 0.2) is 0 Å². The van der Waals surface area contributed by atoms with E-state index < -0.39 is 0 Å². The summed E-state index contributed by atoms with van der Waals surface area (Å²) < 4.78 is 0. The molecule has 3 N–H and O–H groups in total. The van der Waals surface area contributed by atoms with Crippen molar-refractivity contribution in [3.05, 3.63) is 42.0 Å². The molecule has 88 valence electrons. The zero-order valence-electron chi connectivity index (χ0n) is 9.40. The molecular formula is C11H13N5O. The summed E-state index contributed by atoms with van der Waals surface area (Å²) in [6.07, 6.45) is 4.88. The van der Waals surface area contributed by atoms with Crippen LogP contribution in [-0.4, -0.2) is 21.2 Å². The lowest BCUT2D eigenvalue weighted by atomic mass is 10.2. The number of aryl methyl sites for hydroxylation is 1. The Labute approximate surface area is 98.5 Å². The normalized spacial score (nSPS) is 9.94. The van der Waals surface area contributed by atoms with Crippen molar-refractivity contribution in [3.63, 3.8) is 0 Å². The smallest absolute Gasteiger partial charge is 0.319 e. The maximum absolute atomic E-state index is 11.5. The highest BCUT2D eigenvalue weighted by molar-refractivity contribution is 5.88. The first-order chi connectivity index (χ1) is 8.24. The zero-order valence-corrected chi connectivity index (χ0v) is 9.40. The third kappa shape index (κ3) is 3.30. The van der Waals surface area contributed by atoms with E-state index >= 15 is 0 Å². The van der Waals surface area contributed by atoms with Gasteiger partial charge in [-0.3, -0.25) is 10.1 Å². The minimum Gasteiger partial charge on any atom is -0.334 e. The molecule has 2 heterocycles. The lowest BCUT2D eigenvalue weighted by molar-refractivity contribution is 0.251. The number of pyridine rings is 1. The van der Waals surface area contributed by atoms with Gasteiger partial charge in [0.25, 0.3) is 0 Å². The lowest BCUT2D eigenvalue weighted by Crippen LogP contribution is -2.28. The van der Waals surface area contributed by atoms with E-state index in [4.69, 9.17) is 0 Å². The number of anilines is 1. The SMILES string of the molecule is Cc1ccc(CNC(=O)Nc2cn[nH]c2)cn1. The minimum absolute atomic E-state index is 0.271. The first kappa shape index (κ1) is 11.1. The quantitative estimate of drug-likeness (QED) is 0.747. The van der Waals surface area contributed by atoms with Crippen molar-refractivity contribution >= 4 is 11.7 Å². The highest BCUT2D eigenvalue weighted by atomic mass is 16.2. The van der Waals surface area contributed by atoms with Gasteiger partial charge in [-0.05, 0) is 18.6 Å². The third-order valence-corrected chi connectivity index (χ3v) is 2.18. The summed E-state index contributed by atoms with van der Waals surface area (Å²) in [6, 6.07) is 3.57. The van der Waals surface area contributed by atoms with E-state index in [1.807, 2.05) is 19.1 Å². The molecule has 0 bridgehead atoms. The largest absolute Gasteiger partial charge is 0.334 e. The summed E-state index contributed by atoms with van der Waals surface area (Å²) in [4.78, 5) is 15.6. The van der Waals surface area contributed by atoms with E-state index in [9.17, 15) is 4.79 Å². The predicted molar refractivity (Wildman–Crippen MR) is 63.4 cm³/mol. The Kier molecular flexibility index (Phi) is 3.34. The standard InChI is InChI=1S/C11H13N5O/c1-8-2-3-9(4-12-8)5-13-11(17)16-10-6-14-15-7-10/h2-4,6-7H,5H2,1H3,(H,14,15)(H2,13,16,17). The summed E-state index contributed by atoms with van der Waals surface area (Å²) >= 11 is 0. The van der Waals surface area contributed by atoms with E-state index in [-0.39, 0.29) is 6.03 Å². The average Bonchev–Trinajstić information content (AvgIpc) is 2.81. The van der Waals surface area contributed by atoms with Crippen molar-refractivity contribution in [1.29, 1.82) is 0 Å². The Balaban J connectivity index is 1.82. The van der Waals surface area contributed by atoms with Crippen LogP contribution in [0.3, 0.4) is 0 Å². The molecule has 2 aromatic heterocycles. The topological polar surface area (TPSA) is 82.7 Å². The van der Waals surface area contributed by atoms with Crippen LogP contribution in [-0.2, 0) is 6.54 Å². The molecule has 2 amide bonds. The highest BCUT2D eigenvalue weighted by Crippen LogP contribution is 2.01. The number of rotatable bonds is 3. The fourth-order valence-corrected chi connectivity index (χ4v) is 1.28. The molecule has 0 fully saturated rings. The van der Waals surface area contributed by atoms with E-state index in [1.54, 1.807) is 12.4 Å². The first-order valence-electron chi connectivity index (χ1n) is 5.19. The van der Waals surface area contributed by atoms with Crippen molar-refractivity contribution in [2.75, 3.05) is 5.32 Å². The van der Waals surface area contributed by atoms with Crippen LogP contribution in [0.1, 0.15) is 11.3 Å². The van der Waals surface area contributed by atoms with Gasteiger partial charge in [-0.15, -0.1) is 0 Å². The van der Waals surface area contributed by atoms with Gasteiger partial charge in [-0.2, -0.15) is 5.10 Å². The Hall–Kier alpha value is -2.37. The number of aromatic nitrogens is 3. The fraction of sp³-hybridized carbons (Fsp3) is 0.182. The Morgan fingerprint density at radius 3 is 2.94 bits per heavy atom. The van der Waals surface area contributed by atoms with Gasteiger partial charge in [-0.1, -0.05) is 6.07 Å². The summed E-state index contributed by atoms with van der Waals surface area (Å²) in [5, 5.41) is 11.7. The van der Waals surface area contributed by atoms with Crippen LogP contribution < -0.4 is 10.6 Å². The predicted octanol–water partition coefficient (Wildman–Crippen LogP) is 1.43. The lowest BCUT2D eigenvalue weighted by Gasteiger charge is -2.05. The molecule has 6 nitrogen and oxygen atoms in total. The second-order valence-electron chi connectivity index (χ2n) is 3.60. The Bertz CT molecular complexity index is 477. The van der Waals surface area contributed by atoms with Gasteiger partial charge in [0, 0.05) is 24.6 Å². The number of H-pyrrole nitrogens is 1. The molecule has 2 rings (SSSR count). The molecule has 0 aliphatic heterocycles. The molecule has 0 unspecified atom stereocenters. The van der Waals surface area contributed by atoms with Crippen LogP contribution >= 0.6 is 0 Å². The number of urea groups is 1. The fourth-order valence-electron chi connectivity index (χ4n) is 1.28. The molecule has 0 aliphatic rings. The van der Waals surface area contributed by atoms with Crippen molar-refractivity contribution in [2.24, 2.45) is 0 Å². The van der Waals surface area contributed by atoms with E-state index in [2.05, 4.69) is 25.8 Å². The molecular weight excluding hydrogens is 218 g/mol. The molecule has 0 atom stereocenters. The van der Waals surface area contributed by atoms with E-state index in [0.717, 1.165) is 11.3 Å². The van der Waals surface area contributed by atoms with Crippen LogP contribution in [0.15, 0.2) is 30.7 Å². The molecule has 17 heavy (non-hydrogen) atoms. The van der Waals surface area contributed by atoms with Crippen LogP contribution in [0.5, 0.6) is 0 Å². The highest BCUT2D eigenvalue weighted by Gasteiger charge is 2.02. The van der Waals surface area contributed by atoms with Gasteiger partial charge in [0.1, 0.15) is 0 Å². The summed E-state index contributed by atoms with van der Waals surface area (Å²) in [7, 11) is 0. The number of aromatic amines is 1. The molecule has 0 saturated carbocycles. The number of carbonyl (C=O) groups excluding carboxylic acids is 1. The van der Waals surface area contributed by atoms with E-state index in [1.165, 1.54) is 6.20 Å². The monoisotopic (exact) mass is 231 g/mol. The number of nitrogens with zero attached hydrogens (tertiary/aromatic N) is 2. The second-order valence-corrected chi connectivity index (χ2v) is 3.60. The molecule has 2 aromatic rings. The zero-order chi connectivity index (χ0) is 12.1. The molecule has 0 saturated heterocycles. The van der Waals surface area contributed by atoms with Gasteiger partial charge in [0.05, 0.1) is 11.9 Å². The van der Waals surface area contributed by atoms with Crippen LogP contribution in [0, 0.1) is 6.92 Å². The maximum atomic E-state index is 11.5. The van der Waals surface area contributed by atoms with Crippen molar-refractivity contribution in [1.82, 2.24) is 20.5 Å². The summed E-state index contributed by atoms with van der Waals surface area (Å²) in [5.41, 5.74) is 2.54. The average molecular weight is 231 g/mol. The Morgan fingerprint density at radius 1 is 1.41 bits per heavy atom. The molecule has 0 aromatic carbocycles. The number of nitrogens with one attached hydrogen (secondary N) is 3. The molecule has 6 heteroatoms. The Morgan fingerprint density at radius 2 is 2.29 bits per heavy atom. The van der Waals surface area contributed by atoms with Crippen LogP contribution in [0.4, 0.5) is 10.5 Å². The minimum atomic E-state index is -0.271. The summed E-state index contributed by atoms with van der Waals surface area (Å²) in [6.45, 7) is 2.36. The number of hydrogen-bond acceptors (Lipinski definition) is 3. The van der Waals surface area contributed by atoms with Gasteiger partial charge < -0.3 is 10.6 Å². The van der Waals surface area contributed by atoms with Crippen LogP contribution in [0.2, 0.25) is 0 Å². The maximum Gasteiger partial charge on any atom is 0.319 e. The number of carbonyl (C=O) groups is 1. The molecule has 0 spiro atoms. The van der Waals surface area contributed by atoms with Crippen LogP contribution in [0.25, 0.3) is 0 Å². The number of amides is 2. The van der Waals surface area contributed by atoms with Crippen molar-refractivity contribution in [3.8, 4) is 0 Å². The molecule has 0 aliphatic carbocycles. The third-order valence-electron chi connectivity index (χ3n) is 2.18.